The lowest BCUT2D eigenvalue weighted by molar-refractivity contribution is 0.411. The monoisotopic (exact) mass is 284 g/mol. The molecule has 2 nitrogen and oxygen atoms in total. The van der Waals surface area contributed by atoms with E-state index in [1.807, 2.05) is 6.07 Å². The smallest absolute Gasteiger partial charge is 0.110 e. The number of nitrogens with zero attached hydrogens (tertiary/aromatic N) is 1. The number of thiazole rings is 1. The number of piperidine rings is 1. The van der Waals surface area contributed by atoms with Gasteiger partial charge in [-0.2, -0.15) is 0 Å². The highest BCUT2D eigenvalue weighted by Gasteiger charge is 2.18. The zero-order valence-corrected chi connectivity index (χ0v) is 11.7. The van der Waals surface area contributed by atoms with Gasteiger partial charge in [0, 0.05) is 16.3 Å². The molecule has 3 heterocycles. The van der Waals surface area contributed by atoms with E-state index in [1.165, 1.54) is 24.3 Å². The number of halogens is 1. The second kappa shape index (κ2) is 5.06. The molecule has 0 spiro atoms. The molecule has 0 saturated carbocycles. The summed E-state index contributed by atoms with van der Waals surface area (Å²) in [5, 5.41) is 8.93. The molecular weight excluding hydrogens is 272 g/mol. The van der Waals surface area contributed by atoms with Gasteiger partial charge in [-0.15, -0.1) is 22.7 Å². The normalized spacial score (nSPS) is 20.6. The third-order valence-electron chi connectivity index (χ3n) is 2.99. The van der Waals surface area contributed by atoms with E-state index >= 15 is 0 Å². The molecule has 3 rings (SSSR count). The van der Waals surface area contributed by atoms with Gasteiger partial charge in [-0.25, -0.2) is 4.98 Å². The Hall–Kier alpha value is -0.420. The van der Waals surface area contributed by atoms with Crippen molar-refractivity contribution in [2.75, 3.05) is 6.54 Å². The Labute approximate surface area is 114 Å². The van der Waals surface area contributed by atoms with Crippen LogP contribution in [-0.2, 0) is 0 Å². The van der Waals surface area contributed by atoms with Gasteiger partial charge in [0.25, 0.3) is 0 Å². The van der Waals surface area contributed by atoms with Crippen molar-refractivity contribution in [2.45, 2.75) is 25.3 Å². The topological polar surface area (TPSA) is 24.9 Å². The lowest BCUT2D eigenvalue weighted by atomic mass is 10.1. The van der Waals surface area contributed by atoms with Crippen molar-refractivity contribution in [1.29, 1.82) is 0 Å². The summed E-state index contributed by atoms with van der Waals surface area (Å²) in [7, 11) is 0. The standard InChI is InChI=1S/C12H13ClN2S2/c13-11-5-8(6-16-11)10-7-17-12(15-10)9-3-1-2-4-14-9/h5-7,9,14H,1-4H2. The van der Waals surface area contributed by atoms with E-state index in [9.17, 15) is 0 Å². The molecule has 2 aromatic rings. The zero-order valence-electron chi connectivity index (χ0n) is 9.28. The fourth-order valence-corrected chi connectivity index (χ4v) is 3.90. The maximum absolute atomic E-state index is 5.95. The zero-order chi connectivity index (χ0) is 11.7. The van der Waals surface area contributed by atoms with E-state index in [-0.39, 0.29) is 0 Å². The van der Waals surface area contributed by atoms with Gasteiger partial charge in [-0.05, 0) is 25.5 Å². The molecule has 0 radical (unpaired) electrons. The SMILES string of the molecule is Clc1cc(-c2csc(C3CCCCN3)n2)cs1. The van der Waals surface area contributed by atoms with Crippen molar-refractivity contribution in [3.63, 3.8) is 0 Å². The molecule has 2 aromatic heterocycles. The largest absolute Gasteiger partial charge is 0.308 e. The van der Waals surface area contributed by atoms with E-state index in [2.05, 4.69) is 16.1 Å². The quantitative estimate of drug-likeness (QED) is 0.887. The van der Waals surface area contributed by atoms with Crippen LogP contribution >= 0.6 is 34.3 Å². The van der Waals surface area contributed by atoms with Crippen molar-refractivity contribution in [1.82, 2.24) is 10.3 Å². The molecule has 1 unspecified atom stereocenters. The van der Waals surface area contributed by atoms with Crippen molar-refractivity contribution in [3.05, 3.63) is 26.2 Å². The summed E-state index contributed by atoms with van der Waals surface area (Å²) in [5.74, 6) is 0. The van der Waals surface area contributed by atoms with Gasteiger partial charge < -0.3 is 5.32 Å². The van der Waals surface area contributed by atoms with Crippen LogP contribution < -0.4 is 5.32 Å². The molecule has 1 aliphatic rings. The Bertz CT molecular complexity index is 500. The fraction of sp³-hybridized carbons (Fsp3) is 0.417. The van der Waals surface area contributed by atoms with Crippen LogP contribution in [0.4, 0.5) is 0 Å². The van der Waals surface area contributed by atoms with Crippen LogP contribution in [-0.4, -0.2) is 11.5 Å². The molecular formula is C12H13ClN2S2. The Morgan fingerprint density at radius 2 is 2.24 bits per heavy atom. The molecule has 1 fully saturated rings. The lowest BCUT2D eigenvalue weighted by Gasteiger charge is -2.21. The van der Waals surface area contributed by atoms with Crippen LogP contribution in [0.15, 0.2) is 16.8 Å². The molecule has 0 amide bonds. The minimum Gasteiger partial charge on any atom is -0.308 e. The van der Waals surface area contributed by atoms with Crippen LogP contribution in [0.5, 0.6) is 0 Å². The molecule has 90 valence electrons. The highest BCUT2D eigenvalue weighted by atomic mass is 35.5. The number of nitrogens with one attached hydrogen (secondary N) is 1. The van der Waals surface area contributed by atoms with Crippen LogP contribution in [0.25, 0.3) is 11.3 Å². The number of rotatable bonds is 2. The van der Waals surface area contributed by atoms with Gasteiger partial charge in [0.1, 0.15) is 5.01 Å². The summed E-state index contributed by atoms with van der Waals surface area (Å²) in [6.45, 7) is 1.11. The summed E-state index contributed by atoms with van der Waals surface area (Å²) in [5.41, 5.74) is 2.19. The first-order valence-corrected chi connectivity index (χ1v) is 7.90. The average molecular weight is 285 g/mol. The van der Waals surface area contributed by atoms with Gasteiger partial charge >= 0.3 is 0 Å². The third kappa shape index (κ3) is 2.55. The molecule has 1 N–H and O–H groups in total. The van der Waals surface area contributed by atoms with Crippen LogP contribution in [0.2, 0.25) is 4.34 Å². The van der Waals surface area contributed by atoms with Gasteiger partial charge in [-0.3, -0.25) is 0 Å². The number of aromatic nitrogens is 1. The Morgan fingerprint density at radius 3 is 2.94 bits per heavy atom. The minimum absolute atomic E-state index is 0.455. The van der Waals surface area contributed by atoms with Crippen molar-refractivity contribution in [3.8, 4) is 11.3 Å². The predicted octanol–water partition coefficient (Wildman–Crippen LogP) is 4.34. The van der Waals surface area contributed by atoms with Crippen molar-refractivity contribution >= 4 is 34.3 Å². The first-order valence-electron chi connectivity index (χ1n) is 5.76. The van der Waals surface area contributed by atoms with Crippen molar-refractivity contribution < 1.29 is 0 Å². The highest BCUT2D eigenvalue weighted by Crippen LogP contribution is 2.32. The first kappa shape index (κ1) is 11.7. The second-order valence-corrected chi connectivity index (χ2v) is 6.65. The lowest BCUT2D eigenvalue weighted by Crippen LogP contribution is -2.26. The van der Waals surface area contributed by atoms with E-state index in [0.717, 1.165) is 22.1 Å². The molecule has 5 heteroatoms. The second-order valence-electron chi connectivity index (χ2n) is 4.21. The third-order valence-corrected chi connectivity index (χ3v) is 5.04. The van der Waals surface area contributed by atoms with Gasteiger partial charge in [0.2, 0.25) is 0 Å². The van der Waals surface area contributed by atoms with E-state index in [0.29, 0.717) is 6.04 Å². The van der Waals surface area contributed by atoms with Gasteiger partial charge in [0.05, 0.1) is 16.1 Å². The number of hydrogen-bond donors (Lipinski definition) is 1. The molecule has 1 aliphatic heterocycles. The molecule has 0 aliphatic carbocycles. The van der Waals surface area contributed by atoms with E-state index in [4.69, 9.17) is 16.6 Å². The Kier molecular flexibility index (Phi) is 3.47. The molecule has 0 aromatic carbocycles. The van der Waals surface area contributed by atoms with E-state index < -0.39 is 0 Å². The van der Waals surface area contributed by atoms with Crippen LogP contribution in [0, 0.1) is 0 Å². The summed E-state index contributed by atoms with van der Waals surface area (Å²) in [4.78, 5) is 4.72. The summed E-state index contributed by atoms with van der Waals surface area (Å²) >= 11 is 9.25. The maximum Gasteiger partial charge on any atom is 0.110 e. The summed E-state index contributed by atoms with van der Waals surface area (Å²) < 4.78 is 0.824. The predicted molar refractivity (Wildman–Crippen MR) is 75.0 cm³/mol. The first-order chi connectivity index (χ1) is 8.33. The molecule has 1 saturated heterocycles. The molecule has 1 atom stereocenters. The van der Waals surface area contributed by atoms with E-state index in [1.54, 1.807) is 22.7 Å². The average Bonchev–Trinajstić information content (AvgIpc) is 2.98. The van der Waals surface area contributed by atoms with Crippen LogP contribution in [0.3, 0.4) is 0 Å². The van der Waals surface area contributed by atoms with Crippen molar-refractivity contribution in [2.24, 2.45) is 0 Å². The molecule has 0 bridgehead atoms. The number of hydrogen-bond acceptors (Lipinski definition) is 4. The fourth-order valence-electron chi connectivity index (χ4n) is 2.09. The van der Waals surface area contributed by atoms with Crippen LogP contribution in [0.1, 0.15) is 30.3 Å². The van der Waals surface area contributed by atoms with Gasteiger partial charge in [-0.1, -0.05) is 18.0 Å². The summed E-state index contributed by atoms with van der Waals surface area (Å²) in [6, 6.07) is 2.44. The highest BCUT2D eigenvalue weighted by molar-refractivity contribution is 7.14. The Balaban J connectivity index is 1.82. The molecule has 17 heavy (non-hydrogen) atoms. The Morgan fingerprint density at radius 1 is 1.29 bits per heavy atom. The minimum atomic E-state index is 0.455. The summed E-state index contributed by atoms with van der Waals surface area (Å²) in [6.07, 6.45) is 3.79. The maximum atomic E-state index is 5.95. The number of thiophene rings is 1. The van der Waals surface area contributed by atoms with Gasteiger partial charge in [0.15, 0.2) is 0 Å².